The summed E-state index contributed by atoms with van der Waals surface area (Å²) >= 11 is 0. The highest BCUT2D eigenvalue weighted by atomic mass is 16.6. The molecule has 0 radical (unpaired) electrons. The second-order valence-electron chi connectivity index (χ2n) is 6.61. The summed E-state index contributed by atoms with van der Waals surface area (Å²) in [5, 5.41) is 5.62. The molecule has 1 atom stereocenters. The molecule has 124 valence electrons. The molecule has 21 heavy (non-hydrogen) atoms. The highest BCUT2D eigenvalue weighted by molar-refractivity contribution is 5.78. The lowest BCUT2D eigenvalue weighted by Gasteiger charge is -2.35. The Hall–Kier alpha value is -1.30. The molecule has 0 rings (SSSR count). The highest BCUT2D eigenvalue weighted by Crippen LogP contribution is 2.16. The summed E-state index contributed by atoms with van der Waals surface area (Å²) in [5.41, 5.74) is -1.11. The maximum Gasteiger partial charge on any atom is 0.407 e. The third-order valence-electron chi connectivity index (χ3n) is 3.14. The van der Waals surface area contributed by atoms with E-state index < -0.39 is 17.2 Å². The largest absolute Gasteiger partial charge is 0.444 e. The number of hydrogen-bond donors (Lipinski definition) is 2. The fourth-order valence-corrected chi connectivity index (χ4v) is 1.51. The van der Waals surface area contributed by atoms with Crippen LogP contribution in [-0.4, -0.2) is 42.9 Å². The number of carbonyl (C=O) groups is 2. The average Bonchev–Trinajstić information content (AvgIpc) is 2.31. The summed E-state index contributed by atoms with van der Waals surface area (Å²) in [4.78, 5) is 23.5. The van der Waals surface area contributed by atoms with Crippen molar-refractivity contribution >= 4 is 12.0 Å². The van der Waals surface area contributed by atoms with Gasteiger partial charge in [-0.25, -0.2) is 4.79 Å². The predicted octanol–water partition coefficient (Wildman–Crippen LogP) is 2.08. The molecule has 0 aliphatic rings. The molecule has 0 spiro atoms. The van der Waals surface area contributed by atoms with E-state index in [4.69, 9.17) is 9.47 Å². The number of amides is 2. The molecule has 0 fully saturated rings. The van der Waals surface area contributed by atoms with Crippen molar-refractivity contribution in [2.24, 2.45) is 5.92 Å². The van der Waals surface area contributed by atoms with Gasteiger partial charge in [0.15, 0.2) is 0 Å². The van der Waals surface area contributed by atoms with E-state index in [2.05, 4.69) is 10.6 Å². The molecule has 0 aromatic carbocycles. The number of rotatable bonds is 7. The fraction of sp³-hybridized carbons (Fsp3) is 0.867. The Morgan fingerprint density at radius 2 is 1.71 bits per heavy atom. The van der Waals surface area contributed by atoms with Crippen LogP contribution in [-0.2, 0) is 14.3 Å². The van der Waals surface area contributed by atoms with Gasteiger partial charge in [-0.05, 0) is 40.5 Å². The molecule has 0 saturated carbocycles. The van der Waals surface area contributed by atoms with Crippen LogP contribution < -0.4 is 10.6 Å². The first-order chi connectivity index (χ1) is 9.50. The van der Waals surface area contributed by atoms with E-state index in [1.165, 1.54) is 0 Å². The summed E-state index contributed by atoms with van der Waals surface area (Å²) in [5.74, 6) is -0.0583. The fourth-order valence-electron chi connectivity index (χ4n) is 1.51. The lowest BCUT2D eigenvalue weighted by Crippen LogP contribution is -2.57. The molecule has 0 aromatic rings. The van der Waals surface area contributed by atoms with Gasteiger partial charge >= 0.3 is 6.09 Å². The van der Waals surface area contributed by atoms with E-state index in [0.29, 0.717) is 6.61 Å². The van der Waals surface area contributed by atoms with E-state index >= 15 is 0 Å². The average molecular weight is 302 g/mol. The van der Waals surface area contributed by atoms with Crippen molar-refractivity contribution in [1.82, 2.24) is 10.6 Å². The number of nitrogens with one attached hydrogen (secondary N) is 2. The highest BCUT2D eigenvalue weighted by Gasteiger charge is 2.31. The zero-order valence-electron chi connectivity index (χ0n) is 14.3. The molecular weight excluding hydrogens is 272 g/mol. The Morgan fingerprint density at radius 3 is 2.14 bits per heavy atom. The Bertz CT molecular complexity index is 350. The van der Waals surface area contributed by atoms with Crippen LogP contribution in [0.3, 0.4) is 0 Å². The molecule has 0 bridgehead atoms. The molecule has 0 aliphatic heterocycles. The maximum absolute atomic E-state index is 11.8. The first-order valence-corrected chi connectivity index (χ1v) is 7.35. The molecule has 6 nitrogen and oxygen atoms in total. The van der Waals surface area contributed by atoms with Crippen molar-refractivity contribution < 1.29 is 19.1 Å². The van der Waals surface area contributed by atoms with Gasteiger partial charge in [-0.15, -0.1) is 0 Å². The molecule has 0 saturated heterocycles. The Balaban J connectivity index is 4.53. The topological polar surface area (TPSA) is 76.7 Å². The molecule has 6 heteroatoms. The van der Waals surface area contributed by atoms with Gasteiger partial charge in [0.1, 0.15) is 12.2 Å². The molecular formula is C15H30N2O4. The van der Waals surface area contributed by atoms with Crippen molar-refractivity contribution in [2.45, 2.75) is 59.6 Å². The van der Waals surface area contributed by atoms with Crippen LogP contribution in [0.5, 0.6) is 0 Å². The summed E-state index contributed by atoms with van der Waals surface area (Å²) in [7, 11) is 0. The molecule has 2 N–H and O–H groups in total. The number of ether oxygens (including phenoxy) is 2. The molecule has 0 aromatic heterocycles. The Labute approximate surface area is 127 Å². The van der Waals surface area contributed by atoms with E-state index in [1.807, 2.05) is 27.7 Å². The van der Waals surface area contributed by atoms with E-state index in [1.54, 1.807) is 20.8 Å². The van der Waals surface area contributed by atoms with E-state index in [9.17, 15) is 9.59 Å². The summed E-state index contributed by atoms with van der Waals surface area (Å²) < 4.78 is 10.3. The Kier molecular flexibility index (Phi) is 7.71. The minimum atomic E-state index is -0.564. The standard InChI is InChI=1S/C15H30N2O4/c1-8-20-9-12(18)17-15(7,11(2)3)10-16-13(19)21-14(4,5)6/h11H,8-10H2,1-7H3,(H,16,19)(H,17,18). The van der Waals surface area contributed by atoms with Crippen LogP contribution in [0.25, 0.3) is 0 Å². The normalized spacial score (nSPS) is 14.5. The predicted molar refractivity (Wildman–Crippen MR) is 82.1 cm³/mol. The van der Waals surface area contributed by atoms with Gasteiger partial charge in [0.25, 0.3) is 0 Å². The molecule has 1 unspecified atom stereocenters. The SMILES string of the molecule is CCOCC(=O)NC(C)(CNC(=O)OC(C)(C)C)C(C)C. The minimum absolute atomic E-state index is 0.0191. The van der Waals surface area contributed by atoms with Crippen molar-refractivity contribution in [2.75, 3.05) is 19.8 Å². The van der Waals surface area contributed by atoms with Gasteiger partial charge in [0, 0.05) is 13.2 Å². The van der Waals surface area contributed by atoms with Crippen LogP contribution in [0.1, 0.15) is 48.5 Å². The third kappa shape index (κ3) is 8.55. The van der Waals surface area contributed by atoms with Gasteiger partial charge < -0.3 is 20.1 Å². The van der Waals surface area contributed by atoms with Crippen molar-refractivity contribution in [3.05, 3.63) is 0 Å². The van der Waals surface area contributed by atoms with Crippen LogP contribution in [0.4, 0.5) is 4.79 Å². The summed E-state index contributed by atoms with van der Waals surface area (Å²) in [6.07, 6.45) is -0.492. The third-order valence-corrected chi connectivity index (χ3v) is 3.14. The second-order valence-corrected chi connectivity index (χ2v) is 6.61. The van der Waals surface area contributed by atoms with Crippen molar-refractivity contribution in [3.63, 3.8) is 0 Å². The molecule has 0 heterocycles. The van der Waals surface area contributed by atoms with Crippen molar-refractivity contribution in [1.29, 1.82) is 0 Å². The smallest absolute Gasteiger partial charge is 0.407 e. The van der Waals surface area contributed by atoms with E-state index in [-0.39, 0.29) is 25.0 Å². The number of hydrogen-bond acceptors (Lipinski definition) is 4. The van der Waals surface area contributed by atoms with Crippen LogP contribution in [0, 0.1) is 5.92 Å². The first kappa shape index (κ1) is 19.7. The van der Waals surface area contributed by atoms with Gasteiger partial charge in [-0.2, -0.15) is 0 Å². The zero-order chi connectivity index (χ0) is 16.7. The minimum Gasteiger partial charge on any atom is -0.444 e. The monoisotopic (exact) mass is 302 g/mol. The summed E-state index contributed by atoms with van der Waals surface area (Å²) in [6.45, 7) is 13.9. The lowest BCUT2D eigenvalue weighted by atomic mass is 9.88. The number of carbonyl (C=O) groups excluding carboxylic acids is 2. The van der Waals surface area contributed by atoms with Gasteiger partial charge in [0.05, 0.1) is 5.54 Å². The number of alkyl carbamates (subject to hydrolysis) is 1. The molecule has 0 aliphatic carbocycles. The first-order valence-electron chi connectivity index (χ1n) is 7.35. The van der Waals surface area contributed by atoms with Gasteiger partial charge in [-0.1, -0.05) is 13.8 Å². The van der Waals surface area contributed by atoms with Crippen molar-refractivity contribution in [3.8, 4) is 0 Å². The van der Waals surface area contributed by atoms with Gasteiger partial charge in [0.2, 0.25) is 5.91 Å². The second kappa shape index (κ2) is 8.22. The van der Waals surface area contributed by atoms with Crippen LogP contribution in [0.2, 0.25) is 0 Å². The van der Waals surface area contributed by atoms with E-state index in [0.717, 1.165) is 0 Å². The maximum atomic E-state index is 11.8. The van der Waals surface area contributed by atoms with Crippen LogP contribution >= 0.6 is 0 Å². The van der Waals surface area contributed by atoms with Gasteiger partial charge in [-0.3, -0.25) is 4.79 Å². The van der Waals surface area contributed by atoms with Crippen LogP contribution in [0.15, 0.2) is 0 Å². The lowest BCUT2D eigenvalue weighted by molar-refractivity contribution is -0.127. The zero-order valence-corrected chi connectivity index (χ0v) is 14.3. The quantitative estimate of drug-likeness (QED) is 0.755. The summed E-state index contributed by atoms with van der Waals surface area (Å²) in [6, 6.07) is 0. The Morgan fingerprint density at radius 1 is 1.14 bits per heavy atom. The molecule has 2 amide bonds.